The van der Waals surface area contributed by atoms with Crippen molar-refractivity contribution in [1.82, 2.24) is 0 Å². The molecule has 0 unspecified atom stereocenters. The molecule has 0 saturated carbocycles. The smallest absolute Gasteiger partial charge is 0.550 e. The van der Waals surface area contributed by atoms with Gasteiger partial charge in [0, 0.05) is 23.1 Å². The molecular formula is C66H106CaO10. The van der Waals surface area contributed by atoms with Crippen LogP contribution in [0.15, 0.2) is 0 Å². The zero-order valence-corrected chi connectivity index (χ0v) is 53.8. The summed E-state index contributed by atoms with van der Waals surface area (Å²) in [7, 11) is 0. The van der Waals surface area contributed by atoms with Crippen molar-refractivity contribution in [2.24, 2.45) is 35.5 Å². The van der Waals surface area contributed by atoms with Crippen molar-refractivity contribution >= 4 is 61.6 Å². The van der Waals surface area contributed by atoms with Gasteiger partial charge in [-0.2, -0.15) is 0 Å². The Hall–Kier alpha value is -2.82. The third-order valence-electron chi connectivity index (χ3n) is 17.2. The SMILES string of the molecule is Cc1c(C)c2c(c(C)c1OC(=O)CCC(=O)[O-])CC[C@@](C)(CCC[C@H](C)CCC[C@H](C)CCCC(C)C)O2.Cc1c(C)c2c(c(C)c1OC(=O)CCC(=O)[O-])CC[C@@](C)(CCC[C@H](C)CCC[C@H](C)CCCC(C)C)O2.[Ca+2]. The Morgan fingerprint density at radius 1 is 0.442 bits per heavy atom. The Bertz CT molecular complexity index is 2030. The van der Waals surface area contributed by atoms with Crippen molar-refractivity contribution in [3.05, 3.63) is 44.5 Å². The Morgan fingerprint density at radius 2 is 0.727 bits per heavy atom. The first-order valence-corrected chi connectivity index (χ1v) is 30.1. The number of carboxylic acids is 2. The first kappa shape index (κ1) is 70.3. The van der Waals surface area contributed by atoms with E-state index in [0.717, 1.165) is 130 Å². The number of hydrogen-bond acceptors (Lipinski definition) is 10. The van der Waals surface area contributed by atoms with Crippen LogP contribution < -0.4 is 29.2 Å². The summed E-state index contributed by atoms with van der Waals surface area (Å²) in [5.41, 5.74) is 7.40. The van der Waals surface area contributed by atoms with Gasteiger partial charge in [0.25, 0.3) is 0 Å². The van der Waals surface area contributed by atoms with Crippen molar-refractivity contribution in [2.75, 3.05) is 0 Å². The van der Waals surface area contributed by atoms with Crippen LogP contribution in [0.3, 0.4) is 0 Å². The van der Waals surface area contributed by atoms with Gasteiger partial charge < -0.3 is 38.7 Å². The minimum Gasteiger partial charge on any atom is -0.550 e. The minimum absolute atomic E-state index is 0. The van der Waals surface area contributed by atoms with E-state index in [-0.39, 0.29) is 74.6 Å². The fourth-order valence-electron chi connectivity index (χ4n) is 11.6. The van der Waals surface area contributed by atoms with Crippen molar-refractivity contribution in [3.63, 3.8) is 0 Å². The van der Waals surface area contributed by atoms with E-state index in [1.54, 1.807) is 0 Å². The Balaban J connectivity index is 0.000000520. The molecular weight excluding hydrogens is 993 g/mol. The standard InChI is InChI=1S/2C33H54O5.Ca/c2*1-22(2)12-9-13-23(3)14-10-15-24(4)16-11-20-33(8)21-19-28-27(7)31(25(5)26(6)32(28)38-33)37-30(36)18-17-29(34)35;/h2*22-24H,9-21H2,1-8H3,(H,34,35);/q;;+2/p-2/t2*23-,24-,33-;/m11./s1. The third kappa shape index (κ3) is 24.4. The van der Waals surface area contributed by atoms with Crippen molar-refractivity contribution in [1.29, 1.82) is 0 Å². The van der Waals surface area contributed by atoms with Gasteiger partial charge in [-0.3, -0.25) is 9.59 Å². The molecule has 0 N–H and O–H groups in total. The quantitative estimate of drug-likeness (QED) is 0.0393. The monoisotopic (exact) mass is 1100 g/mol. The molecule has 0 radical (unpaired) electrons. The molecule has 2 aliphatic rings. The molecule has 0 spiro atoms. The van der Waals surface area contributed by atoms with Gasteiger partial charge in [0.1, 0.15) is 34.2 Å². The molecule has 2 heterocycles. The Morgan fingerprint density at radius 3 is 1.01 bits per heavy atom. The molecule has 0 fully saturated rings. The maximum atomic E-state index is 12.2. The van der Waals surface area contributed by atoms with Gasteiger partial charge in [0.15, 0.2) is 0 Å². The molecule has 0 bridgehead atoms. The fourth-order valence-corrected chi connectivity index (χ4v) is 11.6. The maximum Gasteiger partial charge on any atom is 2.00 e. The van der Waals surface area contributed by atoms with Crippen molar-refractivity contribution in [3.8, 4) is 23.0 Å². The number of ether oxygens (including phenoxy) is 4. The van der Waals surface area contributed by atoms with Gasteiger partial charge in [0.05, 0.1) is 12.8 Å². The van der Waals surface area contributed by atoms with Crippen LogP contribution in [0.25, 0.3) is 0 Å². The molecule has 2 aliphatic heterocycles. The first-order chi connectivity index (χ1) is 35.6. The molecule has 11 heteroatoms. The molecule has 77 heavy (non-hydrogen) atoms. The topological polar surface area (TPSA) is 151 Å². The number of benzene rings is 2. The molecule has 0 amide bonds. The molecule has 10 nitrogen and oxygen atoms in total. The number of hydrogen-bond donors (Lipinski definition) is 0. The zero-order chi connectivity index (χ0) is 56.9. The number of aliphatic carboxylic acids is 2. The van der Waals surface area contributed by atoms with E-state index >= 15 is 0 Å². The number of carbonyl (C=O) groups is 4. The van der Waals surface area contributed by atoms with Crippen LogP contribution in [0.1, 0.15) is 268 Å². The second kappa shape index (κ2) is 34.5. The van der Waals surface area contributed by atoms with Gasteiger partial charge in [-0.15, -0.1) is 0 Å². The average Bonchev–Trinajstić information content (AvgIpc) is 3.33. The van der Waals surface area contributed by atoms with Gasteiger partial charge >= 0.3 is 49.7 Å². The first-order valence-electron chi connectivity index (χ1n) is 30.1. The molecule has 2 aromatic rings. The van der Waals surface area contributed by atoms with E-state index in [4.69, 9.17) is 18.9 Å². The summed E-state index contributed by atoms with van der Waals surface area (Å²) in [5.74, 6) is 4.18. The van der Waals surface area contributed by atoms with Crippen LogP contribution in [-0.2, 0) is 32.0 Å². The van der Waals surface area contributed by atoms with E-state index in [0.29, 0.717) is 11.5 Å². The molecule has 4 rings (SSSR count). The molecule has 0 aromatic heterocycles. The molecule has 6 atom stereocenters. The van der Waals surface area contributed by atoms with Crippen molar-refractivity contribution < 1.29 is 48.3 Å². The number of carbonyl (C=O) groups excluding carboxylic acids is 4. The van der Waals surface area contributed by atoms with Crippen LogP contribution in [0, 0.1) is 77.0 Å². The zero-order valence-electron chi connectivity index (χ0n) is 51.6. The number of rotatable bonds is 32. The van der Waals surface area contributed by atoms with E-state index < -0.39 is 23.9 Å². The van der Waals surface area contributed by atoms with E-state index in [1.165, 1.54) is 103 Å². The van der Waals surface area contributed by atoms with Gasteiger partial charge in [-0.05, 0) is 188 Å². The summed E-state index contributed by atoms with van der Waals surface area (Å²) in [6, 6.07) is 0. The number of esters is 2. The summed E-state index contributed by atoms with van der Waals surface area (Å²) >= 11 is 0. The number of fused-ring (bicyclic) bond motifs is 2. The van der Waals surface area contributed by atoms with E-state index in [9.17, 15) is 29.4 Å². The van der Waals surface area contributed by atoms with Crippen LogP contribution in [-0.4, -0.2) is 72.8 Å². The van der Waals surface area contributed by atoms with Crippen LogP contribution in [0.2, 0.25) is 0 Å². The Kier molecular flexibility index (Phi) is 31.5. The average molecular weight is 1100 g/mol. The van der Waals surface area contributed by atoms with Crippen LogP contribution in [0.4, 0.5) is 0 Å². The summed E-state index contributed by atoms with van der Waals surface area (Å²) < 4.78 is 24.6. The van der Waals surface area contributed by atoms with E-state index in [2.05, 4.69) is 69.2 Å². The normalized spacial score (nSPS) is 18.3. The van der Waals surface area contributed by atoms with Gasteiger partial charge in [0.2, 0.25) is 0 Å². The second-order valence-corrected chi connectivity index (χ2v) is 25.5. The summed E-state index contributed by atoms with van der Waals surface area (Å²) in [6.45, 7) is 35.2. The summed E-state index contributed by atoms with van der Waals surface area (Å²) in [4.78, 5) is 45.8. The predicted molar refractivity (Wildman–Crippen MR) is 311 cm³/mol. The second-order valence-electron chi connectivity index (χ2n) is 25.5. The molecule has 432 valence electrons. The third-order valence-corrected chi connectivity index (χ3v) is 17.2. The van der Waals surface area contributed by atoms with Gasteiger partial charge in [-0.25, -0.2) is 0 Å². The number of carboxylic acid groups (broad SMARTS) is 2. The fraction of sp³-hybridized carbons (Fsp3) is 0.758. The molecule has 0 saturated heterocycles. The van der Waals surface area contributed by atoms with Crippen molar-refractivity contribution in [2.45, 2.75) is 289 Å². The predicted octanol–water partition coefficient (Wildman–Crippen LogP) is 14.8. The summed E-state index contributed by atoms with van der Waals surface area (Å²) in [6.07, 6.45) is 25.7. The van der Waals surface area contributed by atoms with E-state index in [1.807, 2.05) is 41.5 Å². The van der Waals surface area contributed by atoms with Crippen LogP contribution >= 0.6 is 0 Å². The summed E-state index contributed by atoms with van der Waals surface area (Å²) in [5, 5.41) is 21.4. The molecule has 0 aliphatic carbocycles. The minimum atomic E-state index is -1.25. The largest absolute Gasteiger partial charge is 2.00 e. The Labute approximate surface area is 498 Å². The molecule has 2 aromatic carbocycles. The van der Waals surface area contributed by atoms with Crippen LogP contribution in [0.5, 0.6) is 23.0 Å². The van der Waals surface area contributed by atoms with Gasteiger partial charge in [-0.1, -0.05) is 145 Å². The maximum absolute atomic E-state index is 12.2.